The molecule has 1 saturated heterocycles. The second-order valence-electron chi connectivity index (χ2n) is 8.84. The summed E-state index contributed by atoms with van der Waals surface area (Å²) in [5.41, 5.74) is 4.56. The Kier molecular flexibility index (Phi) is 7.24. The van der Waals surface area contributed by atoms with Crippen LogP contribution in [0.25, 0.3) is 10.8 Å². The maximum absolute atomic E-state index is 14.2. The first kappa shape index (κ1) is 25.2. The standard InChI is InChI=1S/C29H24ClFN4O3/c30-24-17-19(10-12-27(24)36)28(37)33-32-18-20-9-11-23(22-6-2-1-5-21(20)22)29(38)35-15-13-34(14-16-35)26-8-4-3-7-25(26)31/h1-12,17-18,36H,13-16H2,(H,33,37)/b32-18+. The van der Waals surface area contributed by atoms with E-state index in [0.29, 0.717) is 37.4 Å². The summed E-state index contributed by atoms with van der Waals surface area (Å²) in [7, 11) is 0. The minimum absolute atomic E-state index is 0.0709. The molecule has 2 amide bonds. The Balaban J connectivity index is 1.31. The van der Waals surface area contributed by atoms with Gasteiger partial charge in [0.05, 0.1) is 16.9 Å². The maximum atomic E-state index is 14.2. The number of halogens is 2. The Hall–Kier alpha value is -4.43. The molecule has 1 fully saturated rings. The molecule has 4 aromatic carbocycles. The van der Waals surface area contributed by atoms with Gasteiger partial charge >= 0.3 is 0 Å². The molecule has 1 heterocycles. The fourth-order valence-electron chi connectivity index (χ4n) is 4.52. The second-order valence-corrected chi connectivity index (χ2v) is 9.25. The van der Waals surface area contributed by atoms with Crippen molar-refractivity contribution in [1.29, 1.82) is 0 Å². The third-order valence-electron chi connectivity index (χ3n) is 6.53. The van der Waals surface area contributed by atoms with Crippen molar-refractivity contribution in [1.82, 2.24) is 10.3 Å². The van der Waals surface area contributed by atoms with E-state index in [1.54, 1.807) is 35.2 Å². The zero-order valence-corrected chi connectivity index (χ0v) is 21.0. The number of phenols is 1. The molecular formula is C29H24ClFN4O3. The lowest BCUT2D eigenvalue weighted by atomic mass is 9.99. The van der Waals surface area contributed by atoms with Crippen LogP contribution in [0.3, 0.4) is 0 Å². The summed E-state index contributed by atoms with van der Waals surface area (Å²) in [5, 5.41) is 15.3. The van der Waals surface area contributed by atoms with Gasteiger partial charge in [-0.05, 0) is 47.2 Å². The maximum Gasteiger partial charge on any atom is 0.271 e. The summed E-state index contributed by atoms with van der Waals surface area (Å²) in [6.45, 7) is 2.05. The number of hydrazone groups is 1. The van der Waals surface area contributed by atoms with Gasteiger partial charge in [-0.25, -0.2) is 9.82 Å². The summed E-state index contributed by atoms with van der Waals surface area (Å²) in [6.07, 6.45) is 1.52. The number of nitrogens with zero attached hydrogens (tertiary/aromatic N) is 3. The quantitative estimate of drug-likeness (QED) is 0.279. The highest BCUT2D eigenvalue weighted by molar-refractivity contribution is 6.32. The molecule has 0 spiro atoms. The molecule has 1 aliphatic rings. The zero-order chi connectivity index (χ0) is 26.6. The van der Waals surface area contributed by atoms with E-state index in [0.717, 1.165) is 16.3 Å². The molecule has 0 bridgehead atoms. The van der Waals surface area contributed by atoms with Gasteiger partial charge in [0, 0.05) is 42.9 Å². The van der Waals surface area contributed by atoms with Crippen LogP contribution in [0.1, 0.15) is 26.3 Å². The number of piperazine rings is 1. The third-order valence-corrected chi connectivity index (χ3v) is 6.83. The van der Waals surface area contributed by atoms with E-state index in [1.807, 2.05) is 29.2 Å². The number of carbonyl (C=O) groups is 2. The lowest BCUT2D eigenvalue weighted by Gasteiger charge is -2.36. The first-order chi connectivity index (χ1) is 18.4. The molecule has 0 aromatic heterocycles. The third kappa shape index (κ3) is 5.17. The van der Waals surface area contributed by atoms with E-state index in [1.165, 1.54) is 30.5 Å². The molecule has 0 aliphatic carbocycles. The number of amides is 2. The number of hydrogen-bond acceptors (Lipinski definition) is 5. The Morgan fingerprint density at radius 1 is 0.921 bits per heavy atom. The zero-order valence-electron chi connectivity index (χ0n) is 20.3. The number of aromatic hydroxyl groups is 1. The van der Waals surface area contributed by atoms with E-state index >= 15 is 0 Å². The van der Waals surface area contributed by atoms with E-state index in [4.69, 9.17) is 11.6 Å². The number of benzene rings is 4. The van der Waals surface area contributed by atoms with Gasteiger partial charge in [0.2, 0.25) is 0 Å². The lowest BCUT2D eigenvalue weighted by Crippen LogP contribution is -2.49. The second kappa shape index (κ2) is 10.9. The molecule has 38 heavy (non-hydrogen) atoms. The average molecular weight is 531 g/mol. The van der Waals surface area contributed by atoms with Crippen LogP contribution < -0.4 is 10.3 Å². The van der Waals surface area contributed by atoms with Gasteiger partial charge in [0.1, 0.15) is 11.6 Å². The number of nitrogens with one attached hydrogen (secondary N) is 1. The largest absolute Gasteiger partial charge is 0.506 e. The van der Waals surface area contributed by atoms with Gasteiger partial charge in [0.25, 0.3) is 11.8 Å². The number of phenolic OH excluding ortho intramolecular Hbond substituents is 1. The van der Waals surface area contributed by atoms with Gasteiger partial charge < -0.3 is 14.9 Å². The minimum atomic E-state index is -0.478. The predicted octanol–water partition coefficient (Wildman–Crippen LogP) is 5.06. The van der Waals surface area contributed by atoms with Crippen LogP contribution in [0.2, 0.25) is 5.02 Å². The fourth-order valence-corrected chi connectivity index (χ4v) is 4.70. The Morgan fingerprint density at radius 3 is 2.37 bits per heavy atom. The normalized spacial score (nSPS) is 13.7. The smallest absolute Gasteiger partial charge is 0.271 e. The summed E-state index contributed by atoms with van der Waals surface area (Å²) in [6, 6.07) is 21.9. The van der Waals surface area contributed by atoms with Crippen LogP contribution in [0.15, 0.2) is 84.0 Å². The van der Waals surface area contributed by atoms with Crippen molar-refractivity contribution in [3.63, 3.8) is 0 Å². The topological polar surface area (TPSA) is 85.2 Å². The number of rotatable bonds is 5. The van der Waals surface area contributed by atoms with E-state index in [-0.39, 0.29) is 28.1 Å². The minimum Gasteiger partial charge on any atom is -0.506 e. The van der Waals surface area contributed by atoms with E-state index < -0.39 is 5.91 Å². The van der Waals surface area contributed by atoms with Crippen LogP contribution in [0.5, 0.6) is 5.75 Å². The molecule has 5 rings (SSSR count). The molecule has 2 N–H and O–H groups in total. The predicted molar refractivity (Wildman–Crippen MR) is 147 cm³/mol. The van der Waals surface area contributed by atoms with Crippen molar-refractivity contribution in [3.8, 4) is 5.75 Å². The summed E-state index contributed by atoms with van der Waals surface area (Å²) < 4.78 is 14.2. The fraction of sp³-hybridized carbons (Fsp3) is 0.138. The molecule has 0 atom stereocenters. The molecule has 1 aliphatic heterocycles. The molecule has 0 unspecified atom stereocenters. The molecule has 4 aromatic rings. The van der Waals surface area contributed by atoms with Crippen molar-refractivity contribution >= 4 is 46.1 Å². The molecule has 7 nitrogen and oxygen atoms in total. The van der Waals surface area contributed by atoms with Gasteiger partial charge in [-0.15, -0.1) is 0 Å². The molecule has 192 valence electrons. The van der Waals surface area contributed by atoms with Gasteiger partial charge in [-0.1, -0.05) is 54.1 Å². The lowest BCUT2D eigenvalue weighted by molar-refractivity contribution is 0.0748. The van der Waals surface area contributed by atoms with Crippen molar-refractivity contribution in [2.24, 2.45) is 5.10 Å². The van der Waals surface area contributed by atoms with Crippen LogP contribution in [0, 0.1) is 5.82 Å². The van der Waals surface area contributed by atoms with Gasteiger partial charge in [-0.2, -0.15) is 5.10 Å². The monoisotopic (exact) mass is 530 g/mol. The van der Waals surface area contributed by atoms with Gasteiger partial charge in [0.15, 0.2) is 0 Å². The van der Waals surface area contributed by atoms with Crippen molar-refractivity contribution < 1.29 is 19.1 Å². The summed E-state index contributed by atoms with van der Waals surface area (Å²) in [5.74, 6) is -0.942. The molecule has 0 saturated carbocycles. The van der Waals surface area contributed by atoms with E-state index in [2.05, 4.69) is 10.5 Å². The first-order valence-corrected chi connectivity index (χ1v) is 12.4. The number of fused-ring (bicyclic) bond motifs is 1. The Morgan fingerprint density at radius 2 is 1.63 bits per heavy atom. The van der Waals surface area contributed by atoms with Crippen molar-refractivity contribution in [2.75, 3.05) is 31.1 Å². The highest BCUT2D eigenvalue weighted by Crippen LogP contribution is 2.26. The van der Waals surface area contributed by atoms with Crippen LogP contribution in [0.4, 0.5) is 10.1 Å². The van der Waals surface area contributed by atoms with Crippen molar-refractivity contribution in [3.05, 3.63) is 106 Å². The van der Waals surface area contributed by atoms with Crippen LogP contribution in [-0.2, 0) is 0 Å². The average Bonchev–Trinajstić information content (AvgIpc) is 2.94. The first-order valence-electron chi connectivity index (χ1n) is 12.0. The highest BCUT2D eigenvalue weighted by Gasteiger charge is 2.25. The van der Waals surface area contributed by atoms with Gasteiger partial charge in [-0.3, -0.25) is 9.59 Å². The molecule has 9 heteroatoms. The summed E-state index contributed by atoms with van der Waals surface area (Å²) >= 11 is 5.87. The Bertz CT molecular complexity index is 1550. The van der Waals surface area contributed by atoms with Crippen LogP contribution >= 0.6 is 11.6 Å². The van der Waals surface area contributed by atoms with Crippen molar-refractivity contribution in [2.45, 2.75) is 0 Å². The molecule has 0 radical (unpaired) electrons. The number of carbonyl (C=O) groups excluding carboxylic acids is 2. The SMILES string of the molecule is O=C(N/N=C/c1ccc(C(=O)N2CCN(c3ccccc3F)CC2)c2ccccc12)c1ccc(O)c(Cl)c1. The summed E-state index contributed by atoms with van der Waals surface area (Å²) in [4.78, 5) is 29.6. The number of hydrogen-bond donors (Lipinski definition) is 2. The molecular weight excluding hydrogens is 507 g/mol. The number of para-hydroxylation sites is 1. The van der Waals surface area contributed by atoms with Crippen LogP contribution in [-0.4, -0.2) is 54.2 Å². The Labute approximate surface area is 223 Å². The number of anilines is 1. The highest BCUT2D eigenvalue weighted by atomic mass is 35.5. The van der Waals surface area contributed by atoms with E-state index in [9.17, 15) is 19.1 Å².